The number of nitro benzene ring substituents is 1. The fraction of sp³-hybridized carbons (Fsp3) is 0.359. The highest BCUT2D eigenvalue weighted by Gasteiger charge is 2.40. The van der Waals surface area contributed by atoms with Crippen molar-refractivity contribution in [3.05, 3.63) is 159 Å². The first-order valence-electron chi connectivity index (χ1n) is 29.9. The van der Waals surface area contributed by atoms with Gasteiger partial charge >= 0.3 is 0 Å². The van der Waals surface area contributed by atoms with E-state index in [1.165, 1.54) is 29.3 Å². The van der Waals surface area contributed by atoms with Gasteiger partial charge in [-0.3, -0.25) is 39.5 Å². The topological polar surface area (TPSA) is 287 Å². The van der Waals surface area contributed by atoms with Crippen LogP contribution < -0.4 is 35.0 Å². The first kappa shape index (κ1) is 62.9. The predicted octanol–water partition coefficient (Wildman–Crippen LogP) is 8.16. The Morgan fingerprint density at radius 1 is 0.789 bits per heavy atom. The van der Waals surface area contributed by atoms with E-state index in [2.05, 4.69) is 46.5 Å². The molecule has 6 heterocycles. The number of halogens is 1. The largest absolute Gasteiger partial charge is 0.491 e. The highest BCUT2D eigenvalue weighted by molar-refractivity contribution is 7.90. The maximum atomic E-state index is 14.1. The van der Waals surface area contributed by atoms with E-state index in [4.69, 9.17) is 40.0 Å². The molecule has 90 heavy (non-hydrogen) atoms. The van der Waals surface area contributed by atoms with Crippen LogP contribution in [-0.2, 0) is 51.6 Å². The number of amides is 4. The Balaban J connectivity index is 0.667. The lowest BCUT2D eigenvalue weighted by Crippen LogP contribution is -2.52. The molecule has 5 aromatic carbocycles. The van der Waals surface area contributed by atoms with E-state index in [0.717, 1.165) is 57.9 Å². The van der Waals surface area contributed by atoms with Crippen LogP contribution in [0, 0.1) is 16.0 Å². The summed E-state index contributed by atoms with van der Waals surface area (Å²) in [5, 5.41) is 22.4. The van der Waals surface area contributed by atoms with Crippen molar-refractivity contribution in [3.63, 3.8) is 0 Å². The molecular weight excluding hydrogens is 1200 g/mol. The summed E-state index contributed by atoms with van der Waals surface area (Å²) >= 11 is 6.33. The molecule has 0 bridgehead atoms. The molecule has 0 radical (unpaired) electrons. The number of pyridine rings is 1. The number of hydrogen-bond acceptors (Lipinski definition) is 19. The number of aromatic nitrogens is 2. The minimum atomic E-state index is -4.63. The average Bonchev–Trinajstić information content (AvgIpc) is 1.57. The number of aromatic amines is 1. The maximum absolute atomic E-state index is 14.1. The Morgan fingerprint density at radius 2 is 1.53 bits per heavy atom. The number of ether oxygens (including phenoxy) is 6. The van der Waals surface area contributed by atoms with Gasteiger partial charge in [0.2, 0.25) is 11.8 Å². The molecule has 5 N–H and O–H groups in total. The van der Waals surface area contributed by atoms with Gasteiger partial charge in [0.1, 0.15) is 41.2 Å². The lowest BCUT2D eigenvalue weighted by Gasteiger charge is -2.37. The summed E-state index contributed by atoms with van der Waals surface area (Å²) in [5.74, 6) is -0.667. The smallest absolute Gasteiger partial charge is 0.293 e. The zero-order chi connectivity index (χ0) is 62.6. The second-order valence-corrected chi connectivity index (χ2v) is 24.2. The molecular formula is C64H69ClN10O14S. The highest BCUT2D eigenvalue weighted by Crippen LogP contribution is 2.37. The lowest BCUT2D eigenvalue weighted by molar-refractivity contribution is -0.384. The minimum Gasteiger partial charge on any atom is -0.491 e. The number of H-pyrrole nitrogens is 1. The number of piperazine rings is 1. The Morgan fingerprint density at radius 3 is 2.30 bits per heavy atom. The van der Waals surface area contributed by atoms with E-state index in [0.29, 0.717) is 139 Å². The van der Waals surface area contributed by atoms with Gasteiger partial charge in [-0.2, -0.15) is 0 Å². The minimum absolute atomic E-state index is 0.0674. The van der Waals surface area contributed by atoms with Gasteiger partial charge in [0.05, 0.1) is 61.2 Å². The van der Waals surface area contributed by atoms with Crippen LogP contribution in [0.5, 0.6) is 17.2 Å². The second kappa shape index (κ2) is 29.3. The number of hydrogen-bond donors (Lipinski definition) is 5. The number of nitrogens with zero attached hydrogens (tertiary/aromatic N) is 5. The third kappa shape index (κ3) is 15.5. The number of rotatable bonds is 28. The van der Waals surface area contributed by atoms with Gasteiger partial charge in [-0.25, -0.2) is 18.1 Å². The summed E-state index contributed by atoms with van der Waals surface area (Å²) in [6.07, 6.45) is 5.33. The Hall–Kier alpha value is -8.69. The van der Waals surface area contributed by atoms with E-state index < -0.39 is 43.4 Å². The number of fused-ring (bicyclic) bond motifs is 2. The number of nitrogens with one attached hydrogen (secondary N) is 5. The molecule has 0 saturated carbocycles. The van der Waals surface area contributed by atoms with E-state index in [1.807, 2.05) is 48.5 Å². The molecule has 2 aromatic heterocycles. The average molecular weight is 1270 g/mol. The third-order valence-corrected chi connectivity index (χ3v) is 17.8. The van der Waals surface area contributed by atoms with Crippen molar-refractivity contribution >= 4 is 79.0 Å². The van der Waals surface area contributed by atoms with Crippen LogP contribution in [0.3, 0.4) is 0 Å². The summed E-state index contributed by atoms with van der Waals surface area (Å²) in [7, 11) is -4.63. The van der Waals surface area contributed by atoms with Crippen LogP contribution in [0.2, 0.25) is 5.02 Å². The van der Waals surface area contributed by atoms with Gasteiger partial charge in [0.15, 0.2) is 0 Å². The van der Waals surface area contributed by atoms with Crippen LogP contribution in [0.4, 0.5) is 22.7 Å². The number of carbonyl (C=O) groups excluding carboxylic acids is 4. The molecule has 0 aliphatic carbocycles. The molecule has 11 rings (SSSR count). The third-order valence-electron chi connectivity index (χ3n) is 16.2. The number of anilines is 3. The van der Waals surface area contributed by atoms with Crippen molar-refractivity contribution < 1.29 is 60.9 Å². The van der Waals surface area contributed by atoms with Gasteiger partial charge in [0, 0.05) is 129 Å². The van der Waals surface area contributed by atoms with Crippen molar-refractivity contribution in [2.24, 2.45) is 5.92 Å². The van der Waals surface area contributed by atoms with Crippen molar-refractivity contribution in [1.82, 2.24) is 29.8 Å². The molecule has 3 fully saturated rings. The number of sulfonamides is 1. The SMILES string of the molecule is O=C1CCC(N2Cc3c(NCCOCCOCCOCCOc4cccc(-c5ccc(Cl)cc5)c4CN4CCN(c5ccc(C(=O)NS(=O)(=O)c6ccc(NCC7CCOCC7)c([N+](=O)[O-])c6)c(Oc6cnc7[nH]ccc7c6)c5)CC4)cccc3C2=O)C(=O)N1. The number of nitro groups is 1. The van der Waals surface area contributed by atoms with Crippen molar-refractivity contribution in [2.45, 2.75) is 49.7 Å². The molecule has 1 atom stereocenters. The van der Waals surface area contributed by atoms with Gasteiger partial charge in [0.25, 0.3) is 27.5 Å². The number of benzene rings is 5. The highest BCUT2D eigenvalue weighted by atomic mass is 35.5. The summed E-state index contributed by atoms with van der Waals surface area (Å²) in [6, 6.07) is 30.4. The van der Waals surface area contributed by atoms with Crippen LogP contribution in [-0.4, -0.2) is 162 Å². The quantitative estimate of drug-likeness (QED) is 0.0134. The molecule has 1 unspecified atom stereocenters. The van der Waals surface area contributed by atoms with E-state index >= 15 is 0 Å². The number of imide groups is 1. The molecule has 4 aliphatic heterocycles. The normalized spacial score (nSPS) is 16.5. The lowest BCUT2D eigenvalue weighted by atomic mass is 9.98. The van der Waals surface area contributed by atoms with Gasteiger partial charge < -0.3 is 53.8 Å². The summed E-state index contributed by atoms with van der Waals surface area (Å²) in [4.78, 5) is 76.1. The molecule has 7 aromatic rings. The summed E-state index contributed by atoms with van der Waals surface area (Å²) < 4.78 is 65.4. The van der Waals surface area contributed by atoms with Crippen LogP contribution in [0.1, 0.15) is 57.5 Å². The molecule has 0 spiro atoms. The Labute approximate surface area is 524 Å². The summed E-state index contributed by atoms with van der Waals surface area (Å²) in [5.41, 5.74) is 6.10. The fourth-order valence-corrected chi connectivity index (χ4v) is 12.5. The first-order chi connectivity index (χ1) is 43.7. The second-order valence-electron chi connectivity index (χ2n) is 22.1. The van der Waals surface area contributed by atoms with Crippen molar-refractivity contribution in [3.8, 4) is 28.4 Å². The van der Waals surface area contributed by atoms with Gasteiger partial charge in [-0.05, 0) is 103 Å². The summed E-state index contributed by atoms with van der Waals surface area (Å²) in [6.45, 7) is 7.93. The van der Waals surface area contributed by atoms with Crippen LogP contribution in [0.25, 0.3) is 22.2 Å². The Bertz CT molecular complexity index is 3860. The van der Waals surface area contributed by atoms with Crippen LogP contribution >= 0.6 is 11.6 Å². The van der Waals surface area contributed by atoms with Crippen molar-refractivity contribution in [2.75, 3.05) is 114 Å². The first-order valence-corrected chi connectivity index (χ1v) is 31.7. The molecule has 3 saturated heterocycles. The van der Waals surface area contributed by atoms with E-state index in [-0.39, 0.29) is 47.7 Å². The maximum Gasteiger partial charge on any atom is 0.293 e. The molecule has 26 heteroatoms. The molecule has 4 amide bonds. The number of piperidine rings is 1. The van der Waals surface area contributed by atoms with Gasteiger partial charge in [-0.15, -0.1) is 0 Å². The zero-order valence-corrected chi connectivity index (χ0v) is 50.9. The monoisotopic (exact) mass is 1270 g/mol. The molecule has 472 valence electrons. The standard InChI is InChI=1S/C64H69ClN10O14S/c65-45-9-7-43(8-10-45)49-3-2-6-58(88-34-33-87-32-31-86-30-29-85-28-21-66-54-5-1-4-50-52(54)41-74(64(50)79)56-15-16-60(76)70-63(56)78)53(49)40-72-22-24-73(25-23-72)46-11-13-51(59(36-46)89-47-35-44-17-20-67-61(44)69-39-47)62(77)71-90(82,83)48-12-14-55(57(37-48)75(80)81)68-38-42-18-26-84-27-19-42/h1-14,17,20,35-37,39,42,56,66,68H,15-16,18-19,21-34,38,40-41H2,(H,67,69)(H,71,77)(H,70,76,78). The van der Waals surface area contributed by atoms with Crippen LogP contribution in [0.15, 0.2) is 126 Å². The fourth-order valence-electron chi connectivity index (χ4n) is 11.4. The zero-order valence-electron chi connectivity index (χ0n) is 49.3. The molecule has 4 aliphatic rings. The predicted molar refractivity (Wildman–Crippen MR) is 336 cm³/mol. The van der Waals surface area contributed by atoms with Crippen molar-refractivity contribution in [1.29, 1.82) is 0 Å². The van der Waals surface area contributed by atoms with Gasteiger partial charge in [-0.1, -0.05) is 41.9 Å². The van der Waals surface area contributed by atoms with E-state index in [9.17, 15) is 37.7 Å². The Kier molecular flexibility index (Phi) is 20.5. The molecule has 24 nitrogen and oxygen atoms in total. The van der Waals surface area contributed by atoms with E-state index in [1.54, 1.807) is 36.5 Å². The number of carbonyl (C=O) groups is 4.